The van der Waals surface area contributed by atoms with Gasteiger partial charge in [0.1, 0.15) is 18.3 Å². The Labute approximate surface area is 206 Å². The first-order valence-corrected chi connectivity index (χ1v) is 12.5. The maximum atomic E-state index is 13.6. The Morgan fingerprint density at radius 1 is 0.943 bits per heavy atom. The molecule has 0 spiro atoms. The first-order valence-electron chi connectivity index (χ1n) is 11.0. The van der Waals surface area contributed by atoms with E-state index < -0.39 is 28.5 Å². The summed E-state index contributed by atoms with van der Waals surface area (Å²) in [7, 11) is -1.02. The normalized spacial score (nSPS) is 11.9. The van der Waals surface area contributed by atoms with Crippen LogP contribution in [0.5, 0.6) is 5.75 Å². The predicted octanol–water partition coefficient (Wildman–Crippen LogP) is 3.05. The molecule has 0 aliphatic carbocycles. The quantitative estimate of drug-likeness (QED) is 0.466. The summed E-state index contributed by atoms with van der Waals surface area (Å²) in [5.41, 5.74) is 1.09. The average Bonchev–Trinajstić information content (AvgIpc) is 2.90. The number of carbonyl (C=O) groups excluding carboxylic acids is 2. The zero-order valence-corrected chi connectivity index (χ0v) is 20.7. The molecule has 0 radical (unpaired) electrons. The van der Waals surface area contributed by atoms with E-state index in [4.69, 9.17) is 4.74 Å². The fraction of sp³-hybridized carbons (Fsp3) is 0.231. The summed E-state index contributed by atoms with van der Waals surface area (Å²) in [6, 6.07) is 22.7. The van der Waals surface area contributed by atoms with E-state index in [2.05, 4.69) is 5.32 Å². The highest BCUT2D eigenvalue weighted by Gasteiger charge is 2.32. The topological polar surface area (TPSA) is 96.0 Å². The molecule has 9 heteroatoms. The first-order chi connectivity index (χ1) is 16.8. The summed E-state index contributed by atoms with van der Waals surface area (Å²) in [4.78, 5) is 27.5. The molecule has 35 heavy (non-hydrogen) atoms. The zero-order chi connectivity index (χ0) is 25.4. The van der Waals surface area contributed by atoms with Gasteiger partial charge in [0.2, 0.25) is 11.8 Å². The van der Waals surface area contributed by atoms with Gasteiger partial charge >= 0.3 is 0 Å². The van der Waals surface area contributed by atoms with Crippen molar-refractivity contribution in [3.05, 3.63) is 90.5 Å². The van der Waals surface area contributed by atoms with Crippen molar-refractivity contribution in [1.29, 1.82) is 0 Å². The van der Waals surface area contributed by atoms with Crippen LogP contribution in [0, 0.1) is 0 Å². The fourth-order valence-corrected chi connectivity index (χ4v) is 5.04. The van der Waals surface area contributed by atoms with Gasteiger partial charge in [0.25, 0.3) is 10.0 Å². The lowest BCUT2D eigenvalue weighted by molar-refractivity contribution is -0.139. The van der Waals surface area contributed by atoms with Gasteiger partial charge < -0.3 is 15.0 Å². The minimum absolute atomic E-state index is 0.0651. The summed E-state index contributed by atoms with van der Waals surface area (Å²) in [6.07, 6.45) is 0. The second kappa shape index (κ2) is 11.5. The molecule has 0 unspecified atom stereocenters. The number of amides is 2. The molecule has 0 aromatic heterocycles. The van der Waals surface area contributed by atoms with Crippen molar-refractivity contribution in [2.24, 2.45) is 0 Å². The number of sulfonamides is 1. The smallest absolute Gasteiger partial charge is 0.264 e. The Bertz CT molecular complexity index is 1250. The van der Waals surface area contributed by atoms with Crippen LogP contribution in [0.2, 0.25) is 0 Å². The third-order valence-corrected chi connectivity index (χ3v) is 7.34. The summed E-state index contributed by atoms with van der Waals surface area (Å²) in [5, 5.41) is 2.56. The molecule has 2 amide bonds. The molecule has 1 atom stereocenters. The third kappa shape index (κ3) is 6.19. The molecule has 0 saturated carbocycles. The van der Waals surface area contributed by atoms with E-state index >= 15 is 0 Å². The molecule has 0 saturated heterocycles. The highest BCUT2D eigenvalue weighted by molar-refractivity contribution is 7.92. The van der Waals surface area contributed by atoms with Crippen LogP contribution in [0.4, 0.5) is 5.69 Å². The largest absolute Gasteiger partial charge is 0.497 e. The van der Waals surface area contributed by atoms with Crippen molar-refractivity contribution >= 4 is 27.5 Å². The van der Waals surface area contributed by atoms with E-state index in [0.29, 0.717) is 11.4 Å². The number of likely N-dealkylation sites (N-methyl/N-ethyl adjacent to an activating group) is 1. The maximum Gasteiger partial charge on any atom is 0.264 e. The van der Waals surface area contributed by atoms with E-state index in [1.807, 2.05) is 6.07 Å². The van der Waals surface area contributed by atoms with Crippen LogP contribution >= 0.6 is 0 Å². The number of para-hydroxylation sites is 1. The number of hydrogen-bond acceptors (Lipinski definition) is 5. The average molecular weight is 496 g/mol. The van der Waals surface area contributed by atoms with Crippen LogP contribution < -0.4 is 14.4 Å². The SMILES string of the molecule is CNC(=O)[C@H](C)N(Cc1cccc(OC)c1)C(=O)CN(c1ccccc1)S(=O)(=O)c1ccccc1. The van der Waals surface area contributed by atoms with E-state index in [0.717, 1.165) is 9.87 Å². The highest BCUT2D eigenvalue weighted by Crippen LogP contribution is 2.24. The van der Waals surface area contributed by atoms with Gasteiger partial charge in [-0.15, -0.1) is 0 Å². The minimum Gasteiger partial charge on any atom is -0.497 e. The first kappa shape index (κ1) is 25.8. The lowest BCUT2D eigenvalue weighted by atomic mass is 10.1. The van der Waals surface area contributed by atoms with Gasteiger partial charge in [-0.2, -0.15) is 0 Å². The van der Waals surface area contributed by atoms with E-state index in [-0.39, 0.29) is 17.3 Å². The van der Waals surface area contributed by atoms with Crippen LogP contribution in [0.15, 0.2) is 89.8 Å². The van der Waals surface area contributed by atoms with Crippen LogP contribution in [0.3, 0.4) is 0 Å². The Morgan fingerprint density at radius 3 is 2.17 bits per heavy atom. The monoisotopic (exact) mass is 495 g/mol. The number of nitrogens with zero attached hydrogens (tertiary/aromatic N) is 2. The Kier molecular flexibility index (Phi) is 8.48. The van der Waals surface area contributed by atoms with Crippen molar-refractivity contribution in [3.63, 3.8) is 0 Å². The summed E-state index contributed by atoms with van der Waals surface area (Å²) >= 11 is 0. The van der Waals surface area contributed by atoms with Crippen molar-refractivity contribution < 1.29 is 22.7 Å². The van der Waals surface area contributed by atoms with E-state index in [1.54, 1.807) is 80.8 Å². The van der Waals surface area contributed by atoms with Gasteiger partial charge in [-0.1, -0.05) is 48.5 Å². The molecule has 3 aromatic carbocycles. The van der Waals surface area contributed by atoms with Crippen molar-refractivity contribution in [2.75, 3.05) is 25.0 Å². The standard InChI is InChI=1S/C26H29N3O5S/c1-20(26(31)27-2)28(18-21-11-10-14-23(17-21)34-3)25(30)19-29(22-12-6-4-7-13-22)35(32,33)24-15-8-5-9-16-24/h4-17,20H,18-19H2,1-3H3,(H,27,31)/t20-/m0/s1. The lowest BCUT2D eigenvalue weighted by Crippen LogP contribution is -2.50. The van der Waals surface area contributed by atoms with Gasteiger partial charge in [0.15, 0.2) is 0 Å². The molecule has 0 fully saturated rings. The van der Waals surface area contributed by atoms with Gasteiger partial charge in [0, 0.05) is 13.6 Å². The highest BCUT2D eigenvalue weighted by atomic mass is 32.2. The molecule has 0 heterocycles. The lowest BCUT2D eigenvalue weighted by Gasteiger charge is -2.31. The summed E-state index contributed by atoms with van der Waals surface area (Å²) < 4.78 is 33.4. The molecule has 8 nitrogen and oxygen atoms in total. The molecule has 3 aromatic rings. The van der Waals surface area contributed by atoms with Crippen LogP contribution in [-0.4, -0.2) is 51.9 Å². The zero-order valence-electron chi connectivity index (χ0n) is 19.9. The minimum atomic E-state index is -4.05. The number of carbonyl (C=O) groups is 2. The summed E-state index contributed by atoms with van der Waals surface area (Å²) in [5.74, 6) is -0.272. The number of nitrogens with one attached hydrogen (secondary N) is 1. The molecule has 0 bridgehead atoms. The number of methoxy groups -OCH3 is 1. The van der Waals surface area contributed by atoms with Crippen molar-refractivity contribution in [2.45, 2.75) is 24.4 Å². The van der Waals surface area contributed by atoms with Crippen LogP contribution in [0.25, 0.3) is 0 Å². The van der Waals surface area contributed by atoms with Crippen molar-refractivity contribution in [1.82, 2.24) is 10.2 Å². The molecule has 184 valence electrons. The van der Waals surface area contributed by atoms with Crippen LogP contribution in [0.1, 0.15) is 12.5 Å². The van der Waals surface area contributed by atoms with Gasteiger partial charge in [-0.25, -0.2) is 8.42 Å². The molecule has 3 rings (SSSR count). The van der Waals surface area contributed by atoms with Gasteiger partial charge in [0.05, 0.1) is 17.7 Å². The molecule has 1 N–H and O–H groups in total. The predicted molar refractivity (Wildman–Crippen MR) is 134 cm³/mol. The van der Waals surface area contributed by atoms with Gasteiger partial charge in [-0.05, 0) is 48.9 Å². The molecule has 0 aliphatic rings. The number of hydrogen-bond donors (Lipinski definition) is 1. The molecular weight excluding hydrogens is 466 g/mol. The van der Waals surface area contributed by atoms with Crippen molar-refractivity contribution in [3.8, 4) is 5.75 Å². The number of ether oxygens (including phenoxy) is 1. The van der Waals surface area contributed by atoms with E-state index in [9.17, 15) is 18.0 Å². The fourth-order valence-electron chi connectivity index (χ4n) is 3.60. The maximum absolute atomic E-state index is 13.6. The van der Waals surface area contributed by atoms with E-state index in [1.165, 1.54) is 24.1 Å². The second-order valence-corrected chi connectivity index (χ2v) is 9.69. The number of anilines is 1. The molecular formula is C26H29N3O5S. The Balaban J connectivity index is 1.99. The Morgan fingerprint density at radius 2 is 1.57 bits per heavy atom. The molecule has 0 aliphatic heterocycles. The number of benzene rings is 3. The number of rotatable bonds is 10. The van der Waals surface area contributed by atoms with Gasteiger partial charge in [-0.3, -0.25) is 13.9 Å². The second-order valence-electron chi connectivity index (χ2n) is 7.82. The Hall–Kier alpha value is -3.85. The third-order valence-electron chi connectivity index (χ3n) is 5.56. The van der Waals surface area contributed by atoms with Crippen LogP contribution in [-0.2, 0) is 26.2 Å². The summed E-state index contributed by atoms with van der Waals surface area (Å²) in [6.45, 7) is 1.22.